The Bertz CT molecular complexity index is 848. The molecule has 6 heteroatoms. The van der Waals surface area contributed by atoms with Gasteiger partial charge in [-0.3, -0.25) is 8.74 Å². The quantitative estimate of drug-likeness (QED) is 0.726. The molecule has 3 rings (SSSR count). The smallest absolute Gasteiger partial charge is 0.301 e. The predicted octanol–water partition coefficient (Wildman–Crippen LogP) is 4.51. The number of fused-ring (bicyclic) bond motifs is 1. The summed E-state index contributed by atoms with van der Waals surface area (Å²) in [5.74, 6) is 1.38. The van der Waals surface area contributed by atoms with Crippen molar-refractivity contribution in [1.82, 2.24) is 0 Å². The number of anilines is 1. The van der Waals surface area contributed by atoms with E-state index in [2.05, 4.69) is 24.8 Å². The second-order valence-electron chi connectivity index (χ2n) is 5.84. The SMILES string of the molecule is C=C(C=C1Oc2ccc(-c3ccccc3)cc2N1CCOS(=O)O)CC. The summed E-state index contributed by atoms with van der Waals surface area (Å²) in [6.07, 6.45) is 2.70. The largest absolute Gasteiger partial charge is 0.439 e. The van der Waals surface area contributed by atoms with Crippen molar-refractivity contribution in [2.24, 2.45) is 0 Å². The van der Waals surface area contributed by atoms with Gasteiger partial charge in [0.25, 0.3) is 0 Å². The Labute approximate surface area is 156 Å². The second-order valence-corrected chi connectivity index (χ2v) is 6.51. The number of hydrogen-bond donors (Lipinski definition) is 1. The van der Waals surface area contributed by atoms with Gasteiger partial charge in [0.05, 0.1) is 18.8 Å². The Hall–Kier alpha value is -2.41. The van der Waals surface area contributed by atoms with Crippen LogP contribution in [0.3, 0.4) is 0 Å². The Morgan fingerprint density at radius 3 is 2.73 bits per heavy atom. The molecule has 1 aliphatic rings. The van der Waals surface area contributed by atoms with Crippen LogP contribution in [-0.4, -0.2) is 21.9 Å². The summed E-state index contributed by atoms with van der Waals surface area (Å²) in [6.45, 7) is 6.51. The van der Waals surface area contributed by atoms with Gasteiger partial charge in [-0.05, 0) is 29.7 Å². The molecule has 1 N–H and O–H groups in total. The fraction of sp³-hybridized carbons (Fsp3) is 0.200. The highest BCUT2D eigenvalue weighted by Crippen LogP contribution is 2.41. The molecule has 0 fully saturated rings. The van der Waals surface area contributed by atoms with Gasteiger partial charge >= 0.3 is 11.4 Å². The van der Waals surface area contributed by atoms with Crippen molar-refractivity contribution in [2.75, 3.05) is 18.1 Å². The summed E-state index contributed by atoms with van der Waals surface area (Å²) >= 11 is -2.29. The molecule has 26 heavy (non-hydrogen) atoms. The molecule has 1 atom stereocenters. The van der Waals surface area contributed by atoms with Gasteiger partial charge in [0.1, 0.15) is 0 Å². The molecule has 136 valence electrons. The van der Waals surface area contributed by atoms with Gasteiger partial charge in [-0.15, -0.1) is 0 Å². The molecule has 0 saturated heterocycles. The summed E-state index contributed by atoms with van der Waals surface area (Å²) in [6, 6.07) is 16.1. The van der Waals surface area contributed by atoms with E-state index in [1.807, 2.05) is 48.2 Å². The van der Waals surface area contributed by atoms with Crippen molar-refractivity contribution < 1.29 is 17.7 Å². The number of rotatable bonds is 7. The molecule has 0 aromatic heterocycles. The molecule has 0 bridgehead atoms. The summed E-state index contributed by atoms with van der Waals surface area (Å²) in [7, 11) is 0. The zero-order valence-electron chi connectivity index (χ0n) is 14.6. The summed E-state index contributed by atoms with van der Waals surface area (Å²) in [5, 5.41) is 0. The average Bonchev–Trinajstić information content (AvgIpc) is 2.98. The first kappa shape index (κ1) is 18.4. The van der Waals surface area contributed by atoms with Gasteiger partial charge < -0.3 is 9.64 Å². The predicted molar refractivity (Wildman–Crippen MR) is 104 cm³/mol. The minimum absolute atomic E-state index is 0.0947. The molecule has 1 aliphatic heterocycles. The Balaban J connectivity index is 1.93. The molecule has 0 aliphatic carbocycles. The molecule has 5 nitrogen and oxygen atoms in total. The van der Waals surface area contributed by atoms with Crippen LogP contribution in [0.5, 0.6) is 5.75 Å². The maximum Gasteiger partial charge on any atom is 0.301 e. The highest BCUT2D eigenvalue weighted by molar-refractivity contribution is 7.74. The fourth-order valence-corrected chi connectivity index (χ4v) is 2.94. The van der Waals surface area contributed by atoms with E-state index in [0.717, 1.165) is 34.6 Å². The Morgan fingerprint density at radius 1 is 1.27 bits per heavy atom. The van der Waals surface area contributed by atoms with Gasteiger partial charge in [-0.2, -0.15) is 4.21 Å². The maximum absolute atomic E-state index is 10.8. The molecule has 1 unspecified atom stereocenters. The van der Waals surface area contributed by atoms with Gasteiger partial charge in [-0.25, -0.2) is 0 Å². The fourth-order valence-electron chi connectivity index (χ4n) is 2.73. The lowest BCUT2D eigenvalue weighted by molar-refractivity contribution is 0.310. The topological polar surface area (TPSA) is 59.0 Å². The van der Waals surface area contributed by atoms with E-state index in [4.69, 9.17) is 13.5 Å². The van der Waals surface area contributed by atoms with Crippen LogP contribution in [0.25, 0.3) is 11.1 Å². The first-order valence-corrected chi connectivity index (χ1v) is 9.40. The van der Waals surface area contributed by atoms with E-state index in [9.17, 15) is 4.21 Å². The van der Waals surface area contributed by atoms with Crippen LogP contribution in [-0.2, 0) is 15.5 Å². The van der Waals surface area contributed by atoms with Gasteiger partial charge in [0.15, 0.2) is 5.75 Å². The van der Waals surface area contributed by atoms with Gasteiger partial charge in [0, 0.05) is 6.08 Å². The van der Waals surface area contributed by atoms with Gasteiger partial charge in [0.2, 0.25) is 5.88 Å². The van der Waals surface area contributed by atoms with Crippen molar-refractivity contribution in [3.63, 3.8) is 0 Å². The summed E-state index contributed by atoms with van der Waals surface area (Å²) in [5.41, 5.74) is 4.01. The van der Waals surface area contributed by atoms with Crippen LogP contribution < -0.4 is 9.64 Å². The first-order valence-electron chi connectivity index (χ1n) is 8.37. The molecule has 0 saturated carbocycles. The third-order valence-electron chi connectivity index (χ3n) is 4.12. The number of hydrogen-bond acceptors (Lipinski definition) is 4. The van der Waals surface area contributed by atoms with E-state index >= 15 is 0 Å². The zero-order valence-corrected chi connectivity index (χ0v) is 15.4. The van der Waals surface area contributed by atoms with E-state index in [1.165, 1.54) is 0 Å². The lowest BCUT2D eigenvalue weighted by atomic mass is 10.0. The third kappa shape index (κ3) is 4.22. The van der Waals surface area contributed by atoms with E-state index in [0.29, 0.717) is 12.4 Å². The lowest BCUT2D eigenvalue weighted by Crippen LogP contribution is -2.25. The molecule has 1 heterocycles. The minimum Gasteiger partial charge on any atom is -0.439 e. The normalized spacial score (nSPS) is 15.6. The van der Waals surface area contributed by atoms with Crippen molar-refractivity contribution in [1.29, 1.82) is 0 Å². The van der Waals surface area contributed by atoms with E-state index < -0.39 is 11.4 Å². The highest BCUT2D eigenvalue weighted by Gasteiger charge is 2.26. The van der Waals surface area contributed by atoms with Crippen LogP contribution in [0.1, 0.15) is 13.3 Å². The summed E-state index contributed by atoms with van der Waals surface area (Å²) in [4.78, 5) is 1.94. The molecule has 0 radical (unpaired) electrons. The molecule has 0 amide bonds. The lowest BCUT2D eigenvalue weighted by Gasteiger charge is -2.18. The van der Waals surface area contributed by atoms with Crippen molar-refractivity contribution in [2.45, 2.75) is 13.3 Å². The monoisotopic (exact) mass is 371 g/mol. The van der Waals surface area contributed by atoms with Crippen molar-refractivity contribution in [3.05, 3.63) is 72.6 Å². The van der Waals surface area contributed by atoms with Gasteiger partial charge in [-0.1, -0.05) is 55.5 Å². The number of allylic oxidation sites excluding steroid dienone is 2. The van der Waals surface area contributed by atoms with Crippen LogP contribution in [0, 0.1) is 0 Å². The first-order chi connectivity index (χ1) is 12.6. The number of ether oxygens (including phenoxy) is 1. The van der Waals surface area contributed by atoms with Crippen LogP contribution in [0.4, 0.5) is 5.69 Å². The zero-order chi connectivity index (χ0) is 18.5. The van der Waals surface area contributed by atoms with Crippen LogP contribution >= 0.6 is 0 Å². The summed E-state index contributed by atoms with van der Waals surface area (Å²) < 4.78 is 30.4. The number of nitrogens with zero attached hydrogens (tertiary/aromatic N) is 1. The standard InChI is InChI=1S/C20H21NO4S/c1-3-15(2)13-20-21(11-12-24-26(22)23)18-14-17(9-10-19(18)25-20)16-7-5-4-6-8-16/h4-10,13-14H,2-3,11-12H2,1H3,(H,22,23). The molecule has 0 spiro atoms. The number of benzene rings is 2. The van der Waals surface area contributed by atoms with Crippen molar-refractivity contribution in [3.8, 4) is 16.9 Å². The molecule has 2 aromatic carbocycles. The maximum atomic E-state index is 10.8. The third-order valence-corrected chi connectivity index (χ3v) is 4.49. The molecular formula is C20H21NO4S. The average molecular weight is 371 g/mol. The van der Waals surface area contributed by atoms with Crippen LogP contribution in [0.15, 0.2) is 72.6 Å². The highest BCUT2D eigenvalue weighted by atomic mass is 32.2. The molecule has 2 aromatic rings. The Morgan fingerprint density at radius 2 is 2.04 bits per heavy atom. The Kier molecular flexibility index (Phi) is 5.88. The minimum atomic E-state index is -2.29. The van der Waals surface area contributed by atoms with E-state index in [-0.39, 0.29) is 6.61 Å². The van der Waals surface area contributed by atoms with Crippen molar-refractivity contribution >= 4 is 17.0 Å². The van der Waals surface area contributed by atoms with E-state index in [1.54, 1.807) is 0 Å². The van der Waals surface area contributed by atoms with Crippen LogP contribution in [0.2, 0.25) is 0 Å². The molecular weight excluding hydrogens is 350 g/mol. The second kappa shape index (κ2) is 8.31.